The second-order valence-corrected chi connectivity index (χ2v) is 11.4. The van der Waals surface area contributed by atoms with Crippen molar-refractivity contribution in [1.82, 2.24) is 0 Å². The molecule has 0 aromatic heterocycles. The van der Waals surface area contributed by atoms with Crippen LogP contribution in [0.4, 0.5) is 0 Å². The van der Waals surface area contributed by atoms with Gasteiger partial charge in [0.05, 0.1) is 0 Å². The smallest absolute Gasteiger partial charge is 0.126 e. The van der Waals surface area contributed by atoms with Crippen molar-refractivity contribution in [2.24, 2.45) is 17.8 Å². The maximum Gasteiger partial charge on any atom is 0.126 e. The van der Waals surface area contributed by atoms with E-state index in [2.05, 4.69) is 61.5 Å². The summed E-state index contributed by atoms with van der Waals surface area (Å²) in [4.78, 5) is 0. The van der Waals surface area contributed by atoms with Crippen LogP contribution in [0, 0.1) is 38.5 Å². The zero-order valence-corrected chi connectivity index (χ0v) is 21.5. The minimum atomic E-state index is 0.0165. The molecule has 0 unspecified atom stereocenters. The van der Waals surface area contributed by atoms with Crippen LogP contribution < -0.4 is 4.74 Å². The zero-order valence-electron chi connectivity index (χ0n) is 21.5. The maximum absolute atomic E-state index is 6.66. The summed E-state index contributed by atoms with van der Waals surface area (Å²) < 4.78 is 6.66. The summed E-state index contributed by atoms with van der Waals surface area (Å²) >= 11 is 0. The quantitative estimate of drug-likeness (QED) is 0.331. The molecular formula is C29H50O. The van der Waals surface area contributed by atoms with Crippen molar-refractivity contribution in [2.75, 3.05) is 0 Å². The number of hydrogen-bond acceptors (Lipinski definition) is 1. The number of fused-ring (bicyclic) bond motifs is 1. The molecule has 0 radical (unpaired) electrons. The Morgan fingerprint density at radius 1 is 0.833 bits per heavy atom. The van der Waals surface area contributed by atoms with E-state index in [0.29, 0.717) is 0 Å². The van der Waals surface area contributed by atoms with Crippen LogP contribution in [0.2, 0.25) is 0 Å². The Morgan fingerprint density at radius 2 is 1.40 bits per heavy atom. The van der Waals surface area contributed by atoms with Gasteiger partial charge in [0.25, 0.3) is 0 Å². The predicted octanol–water partition coefficient (Wildman–Crippen LogP) is 9.13. The van der Waals surface area contributed by atoms with Crippen LogP contribution in [0.3, 0.4) is 0 Å². The van der Waals surface area contributed by atoms with Gasteiger partial charge in [-0.05, 0) is 93.4 Å². The summed E-state index contributed by atoms with van der Waals surface area (Å²) in [7, 11) is 0. The Hall–Kier alpha value is -0.980. The van der Waals surface area contributed by atoms with Crippen LogP contribution in [-0.4, -0.2) is 5.60 Å². The lowest BCUT2D eigenvalue weighted by molar-refractivity contribution is 0.0513. The number of rotatable bonds is 12. The molecule has 1 heteroatoms. The van der Waals surface area contributed by atoms with Gasteiger partial charge < -0.3 is 4.74 Å². The minimum absolute atomic E-state index is 0.0165. The molecule has 1 nitrogen and oxygen atoms in total. The van der Waals surface area contributed by atoms with Gasteiger partial charge in [-0.3, -0.25) is 0 Å². The monoisotopic (exact) mass is 414 g/mol. The van der Waals surface area contributed by atoms with Gasteiger partial charge in [0.1, 0.15) is 11.4 Å². The Bertz CT molecular complexity index is 659. The van der Waals surface area contributed by atoms with Gasteiger partial charge >= 0.3 is 0 Å². The number of aryl methyl sites for hydroxylation is 2. The fraction of sp³-hybridized carbons (Fsp3) is 0.793. The van der Waals surface area contributed by atoms with Crippen molar-refractivity contribution in [2.45, 2.75) is 132 Å². The number of ether oxygens (including phenoxy) is 1. The molecule has 0 fully saturated rings. The fourth-order valence-corrected chi connectivity index (χ4v) is 5.22. The highest BCUT2D eigenvalue weighted by Gasteiger charge is 2.33. The average Bonchev–Trinajstić information content (AvgIpc) is 2.65. The molecule has 0 bridgehead atoms. The predicted molar refractivity (Wildman–Crippen MR) is 133 cm³/mol. The van der Waals surface area contributed by atoms with Crippen LogP contribution in [-0.2, 0) is 6.42 Å². The average molecular weight is 415 g/mol. The van der Waals surface area contributed by atoms with Gasteiger partial charge in [-0.1, -0.05) is 78.7 Å². The second kappa shape index (κ2) is 11.6. The van der Waals surface area contributed by atoms with Crippen LogP contribution in [0.1, 0.15) is 121 Å². The van der Waals surface area contributed by atoms with E-state index in [4.69, 9.17) is 4.74 Å². The Kier molecular flexibility index (Phi) is 9.76. The first-order valence-corrected chi connectivity index (χ1v) is 12.9. The molecule has 0 amide bonds. The zero-order chi connectivity index (χ0) is 22.3. The first kappa shape index (κ1) is 25.3. The molecular weight excluding hydrogens is 364 g/mol. The van der Waals surface area contributed by atoms with Crippen LogP contribution in [0.15, 0.2) is 6.07 Å². The molecule has 2 rings (SSSR count). The molecule has 1 aromatic rings. The fourth-order valence-electron chi connectivity index (χ4n) is 5.22. The second-order valence-electron chi connectivity index (χ2n) is 11.4. The highest BCUT2D eigenvalue weighted by Crippen LogP contribution is 2.41. The Morgan fingerprint density at radius 3 is 2.00 bits per heavy atom. The van der Waals surface area contributed by atoms with E-state index in [1.54, 1.807) is 0 Å². The molecule has 1 aliphatic rings. The Labute approximate surface area is 188 Å². The summed E-state index contributed by atoms with van der Waals surface area (Å²) in [5.74, 6) is 3.80. The SMILES string of the molecule is Cc1cc(C)c2c(c1C)O[C@](C)(CCC[C@H](C)CCC[C@H](C)CCCC(C)C)CC2. The van der Waals surface area contributed by atoms with E-state index in [1.165, 1.54) is 92.2 Å². The third-order valence-electron chi connectivity index (χ3n) is 7.64. The van der Waals surface area contributed by atoms with Crippen molar-refractivity contribution in [3.63, 3.8) is 0 Å². The summed E-state index contributed by atoms with van der Waals surface area (Å²) in [6.07, 6.45) is 14.6. The van der Waals surface area contributed by atoms with Gasteiger partial charge in [0.15, 0.2) is 0 Å². The third-order valence-corrected chi connectivity index (χ3v) is 7.64. The molecule has 0 spiro atoms. The summed E-state index contributed by atoms with van der Waals surface area (Å²) in [6, 6.07) is 2.33. The van der Waals surface area contributed by atoms with Gasteiger partial charge in [-0.25, -0.2) is 0 Å². The van der Waals surface area contributed by atoms with E-state index < -0.39 is 0 Å². The van der Waals surface area contributed by atoms with E-state index >= 15 is 0 Å². The van der Waals surface area contributed by atoms with E-state index in [0.717, 1.165) is 24.2 Å². The lowest BCUT2D eigenvalue weighted by atomic mass is 9.84. The maximum atomic E-state index is 6.66. The lowest BCUT2D eigenvalue weighted by Crippen LogP contribution is -2.37. The van der Waals surface area contributed by atoms with Crippen molar-refractivity contribution in [3.05, 3.63) is 28.3 Å². The van der Waals surface area contributed by atoms with E-state index in [1.807, 2.05) is 0 Å². The topological polar surface area (TPSA) is 9.23 Å². The molecule has 0 saturated carbocycles. The first-order chi connectivity index (χ1) is 14.1. The van der Waals surface area contributed by atoms with Crippen molar-refractivity contribution in [1.29, 1.82) is 0 Å². The van der Waals surface area contributed by atoms with Gasteiger partial charge in [-0.15, -0.1) is 0 Å². The molecule has 0 N–H and O–H groups in total. The molecule has 172 valence electrons. The van der Waals surface area contributed by atoms with Crippen LogP contribution >= 0.6 is 0 Å². The van der Waals surface area contributed by atoms with Crippen molar-refractivity contribution < 1.29 is 4.74 Å². The van der Waals surface area contributed by atoms with Crippen LogP contribution in [0.5, 0.6) is 5.75 Å². The first-order valence-electron chi connectivity index (χ1n) is 12.9. The molecule has 0 saturated heterocycles. The van der Waals surface area contributed by atoms with Crippen LogP contribution in [0.25, 0.3) is 0 Å². The molecule has 1 heterocycles. The van der Waals surface area contributed by atoms with Gasteiger partial charge in [0.2, 0.25) is 0 Å². The van der Waals surface area contributed by atoms with E-state index in [-0.39, 0.29) is 5.60 Å². The lowest BCUT2D eigenvalue weighted by Gasteiger charge is -2.38. The molecule has 30 heavy (non-hydrogen) atoms. The molecule has 0 aliphatic carbocycles. The highest BCUT2D eigenvalue weighted by molar-refractivity contribution is 5.51. The third kappa shape index (κ3) is 7.61. The standard InChI is InChI=1S/C29H50O/c1-21(2)12-9-13-22(3)14-10-15-23(4)16-11-18-29(8)19-17-27-25(6)20-24(5)26(7)28(27)30-29/h20-23H,9-19H2,1-8H3/t22-,23-,29-/m1/s1. The Balaban J connectivity index is 1.70. The summed E-state index contributed by atoms with van der Waals surface area (Å²) in [5, 5.41) is 0. The minimum Gasteiger partial charge on any atom is -0.487 e. The van der Waals surface area contributed by atoms with Gasteiger partial charge in [-0.2, -0.15) is 0 Å². The highest BCUT2D eigenvalue weighted by atomic mass is 16.5. The van der Waals surface area contributed by atoms with Crippen molar-refractivity contribution in [3.8, 4) is 5.75 Å². The molecule has 1 aromatic carbocycles. The summed E-state index contributed by atoms with van der Waals surface area (Å²) in [5.41, 5.74) is 5.58. The normalized spacial score (nSPS) is 20.7. The largest absolute Gasteiger partial charge is 0.487 e. The van der Waals surface area contributed by atoms with Crippen molar-refractivity contribution >= 4 is 0 Å². The molecule has 1 aliphatic heterocycles. The van der Waals surface area contributed by atoms with Gasteiger partial charge in [0, 0.05) is 0 Å². The molecule has 3 atom stereocenters. The van der Waals surface area contributed by atoms with E-state index in [9.17, 15) is 0 Å². The number of hydrogen-bond donors (Lipinski definition) is 0. The summed E-state index contributed by atoms with van der Waals surface area (Å²) in [6.45, 7) is 18.6. The number of benzene rings is 1.